The van der Waals surface area contributed by atoms with Gasteiger partial charge in [0.05, 0.1) is 12.2 Å². The highest BCUT2D eigenvalue weighted by Gasteiger charge is 2.44. The Morgan fingerprint density at radius 1 is 1.12 bits per heavy atom. The number of fused-ring (bicyclic) bond motifs is 1. The smallest absolute Gasteiger partial charge is 0.229 e. The summed E-state index contributed by atoms with van der Waals surface area (Å²) in [4.78, 5) is 17.2. The molecule has 3 heterocycles. The maximum atomic E-state index is 12.6. The van der Waals surface area contributed by atoms with Gasteiger partial charge in [0.1, 0.15) is 5.65 Å². The average molecular weight is 465 g/mol. The predicted molar refractivity (Wildman–Crippen MR) is 125 cm³/mol. The summed E-state index contributed by atoms with van der Waals surface area (Å²) in [6, 6.07) is 12.0. The summed E-state index contributed by atoms with van der Waals surface area (Å²) in [5, 5.41) is 16.2. The minimum Gasteiger partial charge on any atom is -0.354 e. The number of rotatable bonds is 7. The van der Waals surface area contributed by atoms with Crippen molar-refractivity contribution in [1.82, 2.24) is 19.6 Å². The molecule has 1 aromatic carbocycles. The highest BCUT2D eigenvalue weighted by molar-refractivity contribution is 7.19. The number of hydrogen-bond donors (Lipinski definition) is 2. The zero-order valence-electron chi connectivity index (χ0n) is 17.2. The number of nitrogens with zero attached hydrogens (tertiary/aromatic N) is 4. The monoisotopic (exact) mass is 464 g/mol. The quantitative estimate of drug-likeness (QED) is 0.399. The lowest BCUT2D eigenvalue weighted by molar-refractivity contribution is -0.117. The number of halogens is 1. The number of nitrogens with one attached hydrogen (secondary N) is 2. The molecule has 0 aliphatic heterocycles. The van der Waals surface area contributed by atoms with Crippen LogP contribution < -0.4 is 10.6 Å². The summed E-state index contributed by atoms with van der Waals surface area (Å²) < 4.78 is 2.09. The Labute approximate surface area is 193 Å². The van der Waals surface area contributed by atoms with Crippen LogP contribution in [0.3, 0.4) is 0 Å². The number of carbonyl (C=O) groups is 1. The van der Waals surface area contributed by atoms with Gasteiger partial charge in [0, 0.05) is 23.3 Å². The van der Waals surface area contributed by atoms with Crippen molar-refractivity contribution >= 4 is 44.8 Å². The number of anilines is 2. The van der Waals surface area contributed by atoms with Gasteiger partial charge in [-0.1, -0.05) is 41.1 Å². The van der Waals surface area contributed by atoms with E-state index in [2.05, 4.69) is 48.5 Å². The molecule has 2 aliphatic rings. The fourth-order valence-electron chi connectivity index (χ4n) is 4.10. The molecule has 2 atom stereocenters. The number of imidazole rings is 1. The maximum absolute atomic E-state index is 12.6. The minimum atomic E-state index is -0.0488. The summed E-state index contributed by atoms with van der Waals surface area (Å²) >= 11 is 7.39. The minimum absolute atomic E-state index is 0.0236. The van der Waals surface area contributed by atoms with E-state index in [-0.39, 0.29) is 17.7 Å². The molecule has 0 bridgehead atoms. The van der Waals surface area contributed by atoms with Crippen LogP contribution in [0.15, 0.2) is 48.8 Å². The molecule has 3 aromatic heterocycles. The van der Waals surface area contributed by atoms with Crippen LogP contribution in [0.25, 0.3) is 5.65 Å². The van der Waals surface area contributed by atoms with Crippen molar-refractivity contribution in [3.05, 3.63) is 70.6 Å². The van der Waals surface area contributed by atoms with Gasteiger partial charge in [0.25, 0.3) is 0 Å². The number of aromatic nitrogens is 4. The maximum Gasteiger partial charge on any atom is 0.229 e. The Hall–Kier alpha value is -2.97. The zero-order valence-corrected chi connectivity index (χ0v) is 18.7. The van der Waals surface area contributed by atoms with Crippen molar-refractivity contribution in [2.45, 2.75) is 37.6 Å². The van der Waals surface area contributed by atoms with E-state index in [1.807, 2.05) is 30.5 Å². The Kier molecular flexibility index (Phi) is 4.84. The van der Waals surface area contributed by atoms with Crippen molar-refractivity contribution in [2.75, 3.05) is 10.6 Å². The average Bonchev–Trinajstić information content (AvgIpc) is 3.70. The number of amides is 1. The molecule has 32 heavy (non-hydrogen) atoms. The standard InChI is InChI=1S/C23H21ClN6OS/c24-16-3-1-2-14(8-16)18-9-19(18)21(31)27-23-29-28-22(32-23)25-10-17-12-30-11-15(13-4-5-13)6-7-20(30)26-17/h1-3,6-8,11-13,18-19H,4-5,9-10H2,(H,25,28)(H,27,29,31). The number of hydrogen-bond acceptors (Lipinski definition) is 6. The molecule has 162 valence electrons. The lowest BCUT2D eigenvalue weighted by Gasteiger charge is -2.02. The van der Waals surface area contributed by atoms with E-state index in [1.54, 1.807) is 0 Å². The van der Waals surface area contributed by atoms with Crippen molar-refractivity contribution in [1.29, 1.82) is 0 Å². The van der Waals surface area contributed by atoms with Gasteiger partial charge in [-0.15, -0.1) is 10.2 Å². The lowest BCUT2D eigenvalue weighted by atomic mass is 10.1. The summed E-state index contributed by atoms with van der Waals surface area (Å²) in [6.07, 6.45) is 7.61. The summed E-state index contributed by atoms with van der Waals surface area (Å²) in [5.41, 5.74) is 4.36. The molecule has 2 unspecified atom stereocenters. The van der Waals surface area contributed by atoms with Gasteiger partial charge in [-0.05, 0) is 60.4 Å². The SMILES string of the molecule is O=C(Nc1nnc(NCc2cn3cc(C4CC4)ccc3n2)s1)C1CC1c1cccc(Cl)c1. The second kappa shape index (κ2) is 7.86. The Morgan fingerprint density at radius 2 is 2.00 bits per heavy atom. The van der Waals surface area contributed by atoms with Crippen LogP contribution in [0.2, 0.25) is 5.02 Å². The van der Waals surface area contributed by atoms with Gasteiger partial charge in [0.2, 0.25) is 16.2 Å². The molecule has 4 aromatic rings. The summed E-state index contributed by atoms with van der Waals surface area (Å²) in [7, 11) is 0. The van der Waals surface area contributed by atoms with Gasteiger partial charge >= 0.3 is 0 Å². The Balaban J connectivity index is 1.05. The number of carbonyl (C=O) groups excluding carboxylic acids is 1. The first-order valence-corrected chi connectivity index (χ1v) is 11.9. The molecule has 1 amide bonds. The first-order chi connectivity index (χ1) is 15.6. The molecule has 2 saturated carbocycles. The Bertz CT molecular complexity index is 1310. The molecular formula is C23H21ClN6OS. The number of pyridine rings is 1. The van der Waals surface area contributed by atoms with Crippen LogP contribution in [0.4, 0.5) is 10.3 Å². The topological polar surface area (TPSA) is 84.2 Å². The molecule has 0 spiro atoms. The van der Waals surface area contributed by atoms with E-state index < -0.39 is 0 Å². The van der Waals surface area contributed by atoms with Crippen molar-refractivity contribution in [3.8, 4) is 0 Å². The van der Waals surface area contributed by atoms with Crippen molar-refractivity contribution in [2.24, 2.45) is 5.92 Å². The normalized spacial score (nSPS) is 19.8. The van der Waals surface area contributed by atoms with E-state index in [0.717, 1.165) is 29.2 Å². The largest absolute Gasteiger partial charge is 0.354 e. The van der Waals surface area contributed by atoms with Crippen LogP contribution in [0.5, 0.6) is 0 Å². The molecule has 9 heteroatoms. The molecular weight excluding hydrogens is 444 g/mol. The molecule has 2 aliphatic carbocycles. The molecule has 2 N–H and O–H groups in total. The first-order valence-electron chi connectivity index (χ1n) is 10.7. The van der Waals surface area contributed by atoms with Crippen molar-refractivity contribution in [3.63, 3.8) is 0 Å². The van der Waals surface area contributed by atoms with Gasteiger partial charge in [0.15, 0.2) is 0 Å². The van der Waals surface area contributed by atoms with Gasteiger partial charge in [-0.2, -0.15) is 0 Å². The van der Waals surface area contributed by atoms with E-state index in [1.165, 1.54) is 29.7 Å². The Morgan fingerprint density at radius 3 is 2.84 bits per heavy atom. The van der Waals surface area contributed by atoms with Gasteiger partial charge in [-0.25, -0.2) is 4.98 Å². The molecule has 0 radical (unpaired) electrons. The van der Waals surface area contributed by atoms with E-state index >= 15 is 0 Å². The molecule has 6 rings (SSSR count). The summed E-state index contributed by atoms with van der Waals surface area (Å²) in [6.45, 7) is 0.544. The molecule has 2 fully saturated rings. The van der Waals surface area contributed by atoms with Gasteiger partial charge in [-0.3, -0.25) is 4.79 Å². The van der Waals surface area contributed by atoms with Crippen LogP contribution >= 0.6 is 22.9 Å². The first kappa shape index (κ1) is 19.7. The fourth-order valence-corrected chi connectivity index (χ4v) is 4.95. The predicted octanol–water partition coefficient (Wildman–Crippen LogP) is 5.07. The van der Waals surface area contributed by atoms with Gasteiger partial charge < -0.3 is 15.0 Å². The molecule has 0 saturated heterocycles. The van der Waals surface area contributed by atoms with Crippen LogP contribution in [-0.2, 0) is 11.3 Å². The second-order valence-electron chi connectivity index (χ2n) is 8.49. The third-order valence-corrected chi connectivity index (χ3v) is 7.08. The van der Waals surface area contributed by atoms with E-state index in [9.17, 15) is 4.79 Å². The second-order valence-corrected chi connectivity index (χ2v) is 9.91. The highest BCUT2D eigenvalue weighted by atomic mass is 35.5. The van der Waals surface area contributed by atoms with Crippen LogP contribution in [0.1, 0.15) is 47.9 Å². The van der Waals surface area contributed by atoms with E-state index in [4.69, 9.17) is 11.6 Å². The van der Waals surface area contributed by atoms with Crippen LogP contribution in [-0.4, -0.2) is 25.5 Å². The van der Waals surface area contributed by atoms with E-state index in [0.29, 0.717) is 21.8 Å². The van der Waals surface area contributed by atoms with Crippen molar-refractivity contribution < 1.29 is 4.79 Å². The third-order valence-electron chi connectivity index (χ3n) is 6.05. The molecule has 7 nitrogen and oxygen atoms in total. The fraction of sp³-hybridized carbons (Fsp3) is 0.304. The van der Waals surface area contributed by atoms with Crippen LogP contribution in [0, 0.1) is 5.92 Å². The third kappa shape index (κ3) is 4.08. The summed E-state index contributed by atoms with van der Waals surface area (Å²) in [5.74, 6) is 0.862. The highest BCUT2D eigenvalue weighted by Crippen LogP contribution is 2.48. The zero-order chi connectivity index (χ0) is 21.7. The number of benzene rings is 1. The lowest BCUT2D eigenvalue weighted by Crippen LogP contribution is -2.14.